The normalized spacial score (nSPS) is 19.3. The number of ether oxygens (including phenoxy) is 1. The Kier molecular flexibility index (Phi) is 7.18. The van der Waals surface area contributed by atoms with E-state index in [0.717, 1.165) is 38.1 Å². The molecule has 2 aliphatic carbocycles. The van der Waals surface area contributed by atoms with Crippen molar-refractivity contribution < 1.29 is 4.74 Å². The Morgan fingerprint density at radius 2 is 1.68 bits per heavy atom. The van der Waals surface area contributed by atoms with Crippen molar-refractivity contribution in [2.45, 2.75) is 45.4 Å². The van der Waals surface area contributed by atoms with Crippen molar-refractivity contribution in [1.29, 1.82) is 0 Å². The lowest BCUT2D eigenvalue weighted by atomic mass is 10.3. The Labute approximate surface area is 119 Å². The monoisotopic (exact) mass is 268 g/mol. The molecule has 3 nitrogen and oxygen atoms in total. The summed E-state index contributed by atoms with van der Waals surface area (Å²) in [5, 5.41) is 3.58. The first-order valence-electron chi connectivity index (χ1n) is 8.39. The predicted octanol–water partition coefficient (Wildman–Crippen LogP) is 2.51. The fourth-order valence-corrected chi connectivity index (χ4v) is 2.55. The van der Waals surface area contributed by atoms with Crippen LogP contribution in [0.15, 0.2) is 0 Å². The van der Waals surface area contributed by atoms with E-state index in [-0.39, 0.29) is 0 Å². The third-order valence-corrected chi connectivity index (χ3v) is 4.13. The summed E-state index contributed by atoms with van der Waals surface area (Å²) in [6.07, 6.45) is 8.34. The van der Waals surface area contributed by atoms with Crippen LogP contribution in [0.3, 0.4) is 0 Å². The zero-order chi connectivity index (χ0) is 13.3. The molecule has 0 saturated heterocycles. The van der Waals surface area contributed by atoms with E-state index in [1.807, 2.05) is 0 Å². The molecule has 2 rings (SSSR count). The quantitative estimate of drug-likeness (QED) is 0.520. The van der Waals surface area contributed by atoms with Crippen LogP contribution in [0, 0.1) is 11.8 Å². The number of hydrogen-bond acceptors (Lipinski definition) is 3. The van der Waals surface area contributed by atoms with E-state index in [4.69, 9.17) is 4.74 Å². The maximum absolute atomic E-state index is 5.34. The van der Waals surface area contributed by atoms with Gasteiger partial charge in [0.2, 0.25) is 0 Å². The van der Waals surface area contributed by atoms with E-state index in [1.165, 1.54) is 58.2 Å². The highest BCUT2D eigenvalue weighted by Crippen LogP contribution is 2.33. The lowest BCUT2D eigenvalue weighted by Crippen LogP contribution is -2.35. The Morgan fingerprint density at radius 3 is 2.26 bits per heavy atom. The van der Waals surface area contributed by atoms with Gasteiger partial charge in [0.15, 0.2) is 0 Å². The third kappa shape index (κ3) is 7.91. The standard InChI is InChI=1S/C16H32N2O/c1-2-19-12-4-3-9-17-10-11-18(13-15-5-6-15)14-16-7-8-16/h15-17H,2-14H2,1H3. The molecular weight excluding hydrogens is 236 g/mol. The van der Waals surface area contributed by atoms with Crippen molar-refractivity contribution in [3.8, 4) is 0 Å². The summed E-state index contributed by atoms with van der Waals surface area (Å²) in [5.74, 6) is 2.06. The topological polar surface area (TPSA) is 24.5 Å². The first-order valence-corrected chi connectivity index (χ1v) is 8.39. The maximum Gasteiger partial charge on any atom is 0.0466 e. The van der Waals surface area contributed by atoms with E-state index in [9.17, 15) is 0 Å². The third-order valence-electron chi connectivity index (χ3n) is 4.13. The van der Waals surface area contributed by atoms with E-state index in [2.05, 4.69) is 17.1 Å². The zero-order valence-corrected chi connectivity index (χ0v) is 12.7. The summed E-state index contributed by atoms with van der Waals surface area (Å²) in [7, 11) is 0. The smallest absolute Gasteiger partial charge is 0.0466 e. The lowest BCUT2D eigenvalue weighted by molar-refractivity contribution is 0.143. The van der Waals surface area contributed by atoms with Crippen LogP contribution >= 0.6 is 0 Å². The van der Waals surface area contributed by atoms with Gasteiger partial charge >= 0.3 is 0 Å². The molecule has 2 saturated carbocycles. The molecule has 0 aromatic carbocycles. The van der Waals surface area contributed by atoms with Crippen LogP contribution in [0.5, 0.6) is 0 Å². The minimum absolute atomic E-state index is 0.852. The van der Waals surface area contributed by atoms with Crippen LogP contribution < -0.4 is 5.32 Å². The van der Waals surface area contributed by atoms with Crippen LogP contribution in [0.1, 0.15) is 45.4 Å². The van der Waals surface area contributed by atoms with Gasteiger partial charge in [-0.25, -0.2) is 0 Å². The fourth-order valence-electron chi connectivity index (χ4n) is 2.55. The zero-order valence-electron chi connectivity index (χ0n) is 12.7. The van der Waals surface area contributed by atoms with Crippen molar-refractivity contribution in [1.82, 2.24) is 10.2 Å². The van der Waals surface area contributed by atoms with E-state index in [0.29, 0.717) is 0 Å². The van der Waals surface area contributed by atoms with Gasteiger partial charge in [-0.1, -0.05) is 0 Å². The molecule has 0 aromatic heterocycles. The minimum Gasteiger partial charge on any atom is -0.382 e. The number of nitrogens with zero attached hydrogens (tertiary/aromatic N) is 1. The van der Waals surface area contributed by atoms with Gasteiger partial charge in [-0.3, -0.25) is 0 Å². The van der Waals surface area contributed by atoms with Crippen molar-refractivity contribution in [2.75, 3.05) is 45.9 Å². The molecular formula is C16H32N2O. The molecule has 2 aliphatic rings. The summed E-state index contributed by atoms with van der Waals surface area (Å²) in [5.41, 5.74) is 0. The second-order valence-corrected chi connectivity index (χ2v) is 6.30. The number of hydrogen-bond donors (Lipinski definition) is 1. The first kappa shape index (κ1) is 15.3. The molecule has 0 spiro atoms. The van der Waals surface area contributed by atoms with Gasteiger partial charge in [-0.15, -0.1) is 0 Å². The maximum atomic E-state index is 5.34. The Balaban J connectivity index is 1.42. The van der Waals surface area contributed by atoms with Crippen LogP contribution in [-0.4, -0.2) is 50.8 Å². The average molecular weight is 268 g/mol. The molecule has 0 aromatic rings. The van der Waals surface area contributed by atoms with E-state index in [1.54, 1.807) is 0 Å². The molecule has 0 aliphatic heterocycles. The highest BCUT2D eigenvalue weighted by Gasteiger charge is 2.28. The minimum atomic E-state index is 0.852. The molecule has 112 valence electrons. The van der Waals surface area contributed by atoms with E-state index < -0.39 is 0 Å². The van der Waals surface area contributed by atoms with Gasteiger partial charge in [-0.2, -0.15) is 0 Å². The molecule has 0 bridgehead atoms. The molecule has 0 heterocycles. The van der Waals surface area contributed by atoms with Crippen LogP contribution in [0.4, 0.5) is 0 Å². The van der Waals surface area contributed by atoms with Gasteiger partial charge in [0.1, 0.15) is 0 Å². The SMILES string of the molecule is CCOCCCCNCCN(CC1CC1)CC1CC1. The Morgan fingerprint density at radius 1 is 1.00 bits per heavy atom. The Hall–Kier alpha value is -0.120. The second-order valence-electron chi connectivity index (χ2n) is 6.30. The average Bonchev–Trinajstić information content (AvgIpc) is 3.28. The highest BCUT2D eigenvalue weighted by atomic mass is 16.5. The molecule has 19 heavy (non-hydrogen) atoms. The number of rotatable bonds is 13. The van der Waals surface area contributed by atoms with Gasteiger partial charge in [0.25, 0.3) is 0 Å². The fraction of sp³-hybridized carbons (Fsp3) is 1.00. The van der Waals surface area contributed by atoms with Crippen molar-refractivity contribution >= 4 is 0 Å². The van der Waals surface area contributed by atoms with Crippen molar-refractivity contribution in [3.05, 3.63) is 0 Å². The summed E-state index contributed by atoms with van der Waals surface area (Å²) in [6.45, 7) is 10.1. The molecule has 0 atom stereocenters. The summed E-state index contributed by atoms with van der Waals surface area (Å²) in [4.78, 5) is 2.71. The van der Waals surface area contributed by atoms with E-state index >= 15 is 0 Å². The summed E-state index contributed by atoms with van der Waals surface area (Å²) >= 11 is 0. The summed E-state index contributed by atoms with van der Waals surface area (Å²) in [6, 6.07) is 0. The molecule has 3 heteroatoms. The number of nitrogens with one attached hydrogen (secondary N) is 1. The predicted molar refractivity (Wildman–Crippen MR) is 80.5 cm³/mol. The largest absolute Gasteiger partial charge is 0.382 e. The van der Waals surface area contributed by atoms with Crippen molar-refractivity contribution in [3.63, 3.8) is 0 Å². The van der Waals surface area contributed by atoms with Crippen LogP contribution in [0.25, 0.3) is 0 Å². The molecule has 0 radical (unpaired) electrons. The molecule has 0 unspecified atom stereocenters. The van der Waals surface area contributed by atoms with Crippen LogP contribution in [0.2, 0.25) is 0 Å². The second kappa shape index (κ2) is 8.93. The van der Waals surface area contributed by atoms with Crippen molar-refractivity contribution in [2.24, 2.45) is 11.8 Å². The Bertz CT molecular complexity index is 213. The molecule has 0 amide bonds. The highest BCUT2D eigenvalue weighted by molar-refractivity contribution is 4.82. The van der Waals surface area contributed by atoms with Crippen LogP contribution in [-0.2, 0) is 4.74 Å². The summed E-state index contributed by atoms with van der Waals surface area (Å²) < 4.78 is 5.34. The van der Waals surface area contributed by atoms with Gasteiger partial charge < -0.3 is 15.0 Å². The molecule has 2 fully saturated rings. The van der Waals surface area contributed by atoms with Gasteiger partial charge in [0, 0.05) is 39.4 Å². The lowest BCUT2D eigenvalue weighted by Gasteiger charge is -2.22. The first-order chi connectivity index (χ1) is 9.38. The molecule has 1 N–H and O–H groups in total. The van der Waals surface area contributed by atoms with Gasteiger partial charge in [0.05, 0.1) is 0 Å². The number of unbranched alkanes of at least 4 members (excludes halogenated alkanes) is 1. The van der Waals surface area contributed by atoms with Gasteiger partial charge in [-0.05, 0) is 63.8 Å².